The van der Waals surface area contributed by atoms with Crippen molar-refractivity contribution >= 4 is 28.4 Å². The molecule has 2 unspecified atom stereocenters. The Bertz CT molecular complexity index is 1480. The first-order valence-electron chi connectivity index (χ1n) is 13.3. The number of nitrogens with zero attached hydrogens (tertiary/aromatic N) is 3. The number of aromatic nitrogens is 2. The summed E-state index contributed by atoms with van der Waals surface area (Å²) < 4.78 is 1.73. The molecule has 1 amide bonds. The van der Waals surface area contributed by atoms with Crippen LogP contribution in [0.15, 0.2) is 77.6 Å². The van der Waals surface area contributed by atoms with Gasteiger partial charge in [-0.2, -0.15) is 0 Å². The van der Waals surface area contributed by atoms with Crippen molar-refractivity contribution in [2.45, 2.75) is 51.7 Å². The number of carbonyl (C=O) groups is 1. The van der Waals surface area contributed by atoms with Crippen LogP contribution in [0.3, 0.4) is 0 Å². The van der Waals surface area contributed by atoms with Gasteiger partial charge in [-0.15, -0.1) is 0 Å². The van der Waals surface area contributed by atoms with Gasteiger partial charge in [0.05, 0.1) is 23.5 Å². The molecule has 3 aromatic carbocycles. The predicted molar refractivity (Wildman–Crippen MR) is 153 cm³/mol. The zero-order chi connectivity index (χ0) is 26.6. The third kappa shape index (κ3) is 5.52. The summed E-state index contributed by atoms with van der Waals surface area (Å²) in [7, 11) is 0. The third-order valence-corrected chi connectivity index (χ3v) is 7.57. The number of hydrogen-bond donors (Lipinski definition) is 1. The zero-order valence-corrected chi connectivity index (χ0v) is 22.6. The number of amides is 1. The second-order valence-corrected chi connectivity index (χ2v) is 10.5. The van der Waals surface area contributed by atoms with Gasteiger partial charge in [-0.1, -0.05) is 66.6 Å². The fourth-order valence-electron chi connectivity index (χ4n) is 5.29. The molecule has 0 saturated carbocycles. The third-order valence-electron chi connectivity index (χ3n) is 7.33. The maximum Gasteiger partial charge on any atom is 0.261 e. The predicted octanol–water partition coefficient (Wildman–Crippen LogP) is 5.75. The minimum absolute atomic E-state index is 0.0581. The molecule has 0 aliphatic carbocycles. The lowest BCUT2D eigenvalue weighted by atomic mass is 10.0. The van der Waals surface area contributed by atoms with E-state index in [4.69, 9.17) is 16.6 Å². The summed E-state index contributed by atoms with van der Waals surface area (Å²) >= 11 is 6.30. The summed E-state index contributed by atoms with van der Waals surface area (Å²) in [4.78, 5) is 34.9. The normalized spacial score (nSPS) is 16.0. The fourth-order valence-corrected chi connectivity index (χ4v) is 5.46. The number of hydrogen-bond acceptors (Lipinski definition) is 4. The molecule has 1 saturated heterocycles. The van der Waals surface area contributed by atoms with E-state index in [-0.39, 0.29) is 17.5 Å². The monoisotopic (exact) mass is 528 g/mol. The van der Waals surface area contributed by atoms with Crippen molar-refractivity contribution in [1.82, 2.24) is 19.8 Å². The molecule has 4 aromatic rings. The van der Waals surface area contributed by atoms with E-state index in [1.807, 2.05) is 73.3 Å². The maximum absolute atomic E-state index is 14.1. The van der Waals surface area contributed by atoms with Crippen LogP contribution in [0, 0.1) is 6.92 Å². The number of benzene rings is 3. The second-order valence-electron chi connectivity index (χ2n) is 10.0. The van der Waals surface area contributed by atoms with Crippen molar-refractivity contribution in [3.05, 3.63) is 111 Å². The largest absolute Gasteiger partial charge is 0.327 e. The van der Waals surface area contributed by atoms with E-state index in [1.165, 1.54) is 0 Å². The van der Waals surface area contributed by atoms with E-state index >= 15 is 0 Å². The van der Waals surface area contributed by atoms with Gasteiger partial charge in [0, 0.05) is 23.2 Å². The molecule has 0 radical (unpaired) electrons. The van der Waals surface area contributed by atoms with Crippen molar-refractivity contribution in [2.75, 3.05) is 13.1 Å². The molecule has 38 heavy (non-hydrogen) atoms. The molecule has 196 valence electrons. The lowest BCUT2D eigenvalue weighted by Crippen LogP contribution is -2.45. The van der Waals surface area contributed by atoms with Crippen LogP contribution < -0.4 is 10.9 Å². The molecular weight excluding hydrogens is 496 g/mol. The standard InChI is InChI=1S/C31H33ClN4O2/c1-3-28(35(20-25-10-7-17-33-25)30(37)23-13-11-21(2)12-14-23)29-34-27-18-24(32)15-16-26(27)31(38)36(29)19-22-8-5-4-6-9-22/h4-6,8-9,11-16,18,25,28,33H,3,7,10,17,19-20H2,1-2H3. The lowest BCUT2D eigenvalue weighted by Gasteiger charge is -2.34. The highest BCUT2D eigenvalue weighted by atomic mass is 35.5. The van der Waals surface area contributed by atoms with E-state index in [2.05, 4.69) is 5.32 Å². The number of fused-ring (bicyclic) bond motifs is 1. The fraction of sp³-hybridized carbons (Fsp3) is 0.323. The van der Waals surface area contributed by atoms with E-state index in [1.54, 1.807) is 22.8 Å². The first-order valence-corrected chi connectivity index (χ1v) is 13.7. The van der Waals surface area contributed by atoms with Gasteiger partial charge in [-0.3, -0.25) is 14.2 Å². The van der Waals surface area contributed by atoms with E-state index in [9.17, 15) is 9.59 Å². The molecule has 5 rings (SSSR count). The molecule has 2 atom stereocenters. The van der Waals surface area contributed by atoms with E-state index in [0.717, 1.165) is 30.5 Å². The first-order chi connectivity index (χ1) is 18.4. The Balaban J connectivity index is 1.66. The van der Waals surface area contributed by atoms with Gasteiger partial charge in [0.1, 0.15) is 5.82 Å². The van der Waals surface area contributed by atoms with Gasteiger partial charge in [-0.05, 0) is 68.6 Å². The summed E-state index contributed by atoms with van der Waals surface area (Å²) in [6, 6.07) is 22.5. The van der Waals surface area contributed by atoms with Crippen LogP contribution in [0.2, 0.25) is 5.02 Å². The molecule has 2 heterocycles. The zero-order valence-electron chi connectivity index (χ0n) is 21.9. The number of aryl methyl sites for hydroxylation is 1. The SMILES string of the molecule is CCC(c1nc2cc(Cl)ccc2c(=O)n1Cc1ccccc1)N(CC1CCCN1)C(=O)c1ccc(C)cc1. The van der Waals surface area contributed by atoms with Crippen molar-refractivity contribution < 1.29 is 4.79 Å². The van der Waals surface area contributed by atoms with Crippen molar-refractivity contribution in [2.24, 2.45) is 0 Å². The highest BCUT2D eigenvalue weighted by molar-refractivity contribution is 6.31. The molecule has 1 aromatic heterocycles. The molecule has 1 aliphatic heterocycles. The molecule has 1 fully saturated rings. The van der Waals surface area contributed by atoms with Gasteiger partial charge in [0.25, 0.3) is 11.5 Å². The molecular formula is C31H33ClN4O2. The average molecular weight is 529 g/mol. The molecule has 1 aliphatic rings. The van der Waals surface area contributed by atoms with Gasteiger partial charge >= 0.3 is 0 Å². The van der Waals surface area contributed by atoms with Crippen LogP contribution in [0.5, 0.6) is 0 Å². The van der Waals surface area contributed by atoms with Gasteiger partial charge in [-0.25, -0.2) is 4.98 Å². The molecule has 1 N–H and O–H groups in total. The van der Waals surface area contributed by atoms with Gasteiger partial charge in [0.2, 0.25) is 0 Å². The number of rotatable bonds is 8. The number of carbonyl (C=O) groups excluding carboxylic acids is 1. The van der Waals surface area contributed by atoms with Crippen molar-refractivity contribution in [3.63, 3.8) is 0 Å². The van der Waals surface area contributed by atoms with Crippen LogP contribution in [0.25, 0.3) is 10.9 Å². The minimum atomic E-state index is -0.397. The Morgan fingerprint density at radius 1 is 1.13 bits per heavy atom. The van der Waals surface area contributed by atoms with Crippen molar-refractivity contribution in [1.29, 1.82) is 0 Å². The lowest BCUT2D eigenvalue weighted by molar-refractivity contribution is 0.0637. The molecule has 0 bridgehead atoms. The summed E-state index contributed by atoms with van der Waals surface area (Å²) in [5.41, 5.74) is 3.14. The van der Waals surface area contributed by atoms with Gasteiger partial charge in [0.15, 0.2) is 0 Å². The Kier molecular flexibility index (Phi) is 7.91. The molecule has 7 heteroatoms. The van der Waals surface area contributed by atoms with Crippen LogP contribution in [0.4, 0.5) is 0 Å². The highest BCUT2D eigenvalue weighted by Crippen LogP contribution is 2.28. The average Bonchev–Trinajstić information content (AvgIpc) is 3.44. The smallest absolute Gasteiger partial charge is 0.261 e. The summed E-state index contributed by atoms with van der Waals surface area (Å²) in [5, 5.41) is 4.57. The summed E-state index contributed by atoms with van der Waals surface area (Å²) in [5.74, 6) is 0.520. The topological polar surface area (TPSA) is 67.2 Å². The van der Waals surface area contributed by atoms with Gasteiger partial charge < -0.3 is 10.2 Å². The highest BCUT2D eigenvalue weighted by Gasteiger charge is 2.32. The maximum atomic E-state index is 14.1. The molecule has 6 nitrogen and oxygen atoms in total. The summed E-state index contributed by atoms with van der Waals surface area (Å²) in [6.45, 7) is 5.91. The molecule has 0 spiro atoms. The first kappa shape index (κ1) is 26.1. The Morgan fingerprint density at radius 3 is 2.58 bits per heavy atom. The number of nitrogens with one attached hydrogen (secondary N) is 1. The van der Waals surface area contributed by atoms with Crippen LogP contribution in [0.1, 0.15) is 59.5 Å². The second kappa shape index (κ2) is 11.5. The Labute approximate surface area is 228 Å². The van der Waals surface area contributed by atoms with Crippen LogP contribution in [-0.2, 0) is 6.54 Å². The van der Waals surface area contributed by atoms with E-state index in [0.29, 0.717) is 46.8 Å². The van der Waals surface area contributed by atoms with Crippen molar-refractivity contribution in [3.8, 4) is 0 Å². The van der Waals surface area contributed by atoms with E-state index < -0.39 is 6.04 Å². The minimum Gasteiger partial charge on any atom is -0.327 e. The summed E-state index contributed by atoms with van der Waals surface area (Å²) in [6.07, 6.45) is 2.70. The van der Waals surface area contributed by atoms with Crippen LogP contribution in [-0.4, -0.2) is 39.5 Å². The Morgan fingerprint density at radius 2 is 1.89 bits per heavy atom. The number of halogens is 1. The van der Waals surface area contributed by atoms with Crippen LogP contribution >= 0.6 is 11.6 Å². The quantitative estimate of drug-likeness (QED) is 0.316. The Hall–Kier alpha value is -3.48.